The second kappa shape index (κ2) is 7.09. The number of carbonyl (C=O) groups excluding carboxylic acids is 1. The minimum atomic E-state index is -3.44. The first-order chi connectivity index (χ1) is 11.4. The van der Waals surface area contributed by atoms with Gasteiger partial charge in [0, 0.05) is 18.1 Å². The molecule has 134 valence electrons. The van der Waals surface area contributed by atoms with Crippen molar-refractivity contribution in [1.82, 2.24) is 9.29 Å². The van der Waals surface area contributed by atoms with Crippen LogP contribution in [-0.4, -0.2) is 42.0 Å². The Kier molecular flexibility index (Phi) is 5.27. The summed E-state index contributed by atoms with van der Waals surface area (Å²) in [4.78, 5) is 16.5. The molecule has 1 aromatic heterocycles. The van der Waals surface area contributed by atoms with Crippen molar-refractivity contribution in [2.75, 3.05) is 17.6 Å². The van der Waals surface area contributed by atoms with E-state index in [2.05, 4.69) is 17.2 Å². The highest BCUT2D eigenvalue weighted by Gasteiger charge is 2.42. The van der Waals surface area contributed by atoms with Gasteiger partial charge in [-0.1, -0.05) is 26.2 Å². The molecular formula is C16H25N3O3S2. The average Bonchev–Trinajstić information content (AvgIpc) is 3.18. The lowest BCUT2D eigenvalue weighted by Crippen LogP contribution is -2.46. The third kappa shape index (κ3) is 3.97. The van der Waals surface area contributed by atoms with E-state index in [1.54, 1.807) is 11.6 Å². The van der Waals surface area contributed by atoms with Crippen LogP contribution in [0.4, 0.5) is 5.13 Å². The minimum Gasteiger partial charge on any atom is -0.301 e. The molecule has 0 bridgehead atoms. The van der Waals surface area contributed by atoms with Crippen LogP contribution in [0.2, 0.25) is 0 Å². The number of nitrogens with one attached hydrogen (secondary N) is 1. The van der Waals surface area contributed by atoms with Crippen LogP contribution in [0, 0.1) is 5.41 Å². The van der Waals surface area contributed by atoms with Crippen molar-refractivity contribution >= 4 is 32.4 Å². The Morgan fingerprint density at radius 3 is 2.79 bits per heavy atom. The third-order valence-corrected chi connectivity index (χ3v) is 8.02. The van der Waals surface area contributed by atoms with E-state index in [0.717, 1.165) is 32.1 Å². The standard InChI is InChI=1S/C16H25N3O3S2/c1-16(7-3-2-4-8-16)12-24(21,22)19-10-5-6-13(19)14(20)18-15-17-9-11-23-15/h9,11,13H,2-8,10,12H2,1H3,(H,17,18,20)/t13-/m1/s1. The molecule has 0 radical (unpaired) electrons. The number of amides is 1. The van der Waals surface area contributed by atoms with Crippen LogP contribution in [0.15, 0.2) is 11.6 Å². The van der Waals surface area contributed by atoms with Gasteiger partial charge in [-0.2, -0.15) is 4.31 Å². The lowest BCUT2D eigenvalue weighted by atomic mass is 9.77. The van der Waals surface area contributed by atoms with Crippen molar-refractivity contribution in [2.24, 2.45) is 5.41 Å². The van der Waals surface area contributed by atoms with E-state index in [0.29, 0.717) is 18.1 Å². The summed E-state index contributed by atoms with van der Waals surface area (Å²) < 4.78 is 27.3. The van der Waals surface area contributed by atoms with Gasteiger partial charge >= 0.3 is 0 Å². The quantitative estimate of drug-likeness (QED) is 0.863. The topological polar surface area (TPSA) is 79.4 Å². The lowest BCUT2D eigenvalue weighted by Gasteiger charge is -2.35. The normalized spacial score (nSPS) is 24.8. The fourth-order valence-electron chi connectivity index (χ4n) is 3.88. The molecule has 8 heteroatoms. The molecule has 2 heterocycles. The summed E-state index contributed by atoms with van der Waals surface area (Å²) >= 11 is 1.34. The number of hydrogen-bond donors (Lipinski definition) is 1. The maximum absolute atomic E-state index is 13.0. The molecular weight excluding hydrogens is 346 g/mol. The molecule has 2 aliphatic rings. The second-order valence-electron chi connectivity index (χ2n) is 7.22. The summed E-state index contributed by atoms with van der Waals surface area (Å²) in [6.07, 6.45) is 8.22. The Bertz CT molecular complexity index is 667. The maximum atomic E-state index is 13.0. The summed E-state index contributed by atoms with van der Waals surface area (Å²) in [7, 11) is -3.44. The lowest BCUT2D eigenvalue weighted by molar-refractivity contribution is -0.119. The summed E-state index contributed by atoms with van der Waals surface area (Å²) in [5.41, 5.74) is -0.157. The molecule has 1 atom stereocenters. The predicted molar refractivity (Wildman–Crippen MR) is 95.5 cm³/mol. The molecule has 1 aliphatic carbocycles. The Labute approximate surface area is 147 Å². The molecule has 0 aromatic carbocycles. The number of aromatic nitrogens is 1. The van der Waals surface area contributed by atoms with E-state index in [4.69, 9.17) is 0 Å². The van der Waals surface area contributed by atoms with Gasteiger partial charge in [-0.05, 0) is 31.1 Å². The summed E-state index contributed by atoms with van der Waals surface area (Å²) in [6, 6.07) is -0.605. The van der Waals surface area contributed by atoms with Crippen molar-refractivity contribution in [3.63, 3.8) is 0 Å². The maximum Gasteiger partial charge on any atom is 0.244 e. The first-order valence-corrected chi connectivity index (χ1v) is 11.1. The predicted octanol–water partition coefficient (Wildman–Crippen LogP) is 2.85. The number of hydrogen-bond acceptors (Lipinski definition) is 5. The Balaban J connectivity index is 1.70. The Morgan fingerprint density at radius 2 is 2.12 bits per heavy atom. The van der Waals surface area contributed by atoms with Crippen LogP contribution >= 0.6 is 11.3 Å². The van der Waals surface area contributed by atoms with E-state index < -0.39 is 16.1 Å². The zero-order valence-corrected chi connectivity index (χ0v) is 15.7. The molecule has 24 heavy (non-hydrogen) atoms. The number of anilines is 1. The summed E-state index contributed by atoms with van der Waals surface area (Å²) in [5.74, 6) is -0.110. The van der Waals surface area contributed by atoms with E-state index >= 15 is 0 Å². The number of carbonyl (C=O) groups is 1. The SMILES string of the molecule is CC1(CS(=O)(=O)N2CCC[C@@H]2C(=O)Nc2nccs2)CCCCC1. The first-order valence-electron chi connectivity index (χ1n) is 8.60. The average molecular weight is 372 g/mol. The van der Waals surface area contributed by atoms with Crippen molar-refractivity contribution < 1.29 is 13.2 Å². The van der Waals surface area contributed by atoms with E-state index in [-0.39, 0.29) is 17.1 Å². The van der Waals surface area contributed by atoms with Gasteiger partial charge in [0.1, 0.15) is 6.04 Å². The smallest absolute Gasteiger partial charge is 0.244 e. The molecule has 0 unspecified atom stereocenters. The van der Waals surface area contributed by atoms with Crippen molar-refractivity contribution in [1.29, 1.82) is 0 Å². The molecule has 1 aliphatic heterocycles. The van der Waals surface area contributed by atoms with E-state index in [9.17, 15) is 13.2 Å². The molecule has 2 fully saturated rings. The number of sulfonamides is 1. The number of nitrogens with zero attached hydrogens (tertiary/aromatic N) is 2. The minimum absolute atomic E-state index is 0.154. The van der Waals surface area contributed by atoms with Gasteiger partial charge in [0.2, 0.25) is 15.9 Å². The largest absolute Gasteiger partial charge is 0.301 e. The Morgan fingerprint density at radius 1 is 1.38 bits per heavy atom. The van der Waals surface area contributed by atoms with E-state index in [1.165, 1.54) is 22.1 Å². The molecule has 3 rings (SSSR count). The van der Waals surface area contributed by atoms with Gasteiger partial charge in [0.25, 0.3) is 0 Å². The van der Waals surface area contributed by atoms with Gasteiger partial charge in [-0.3, -0.25) is 4.79 Å². The monoisotopic (exact) mass is 371 g/mol. The summed E-state index contributed by atoms with van der Waals surface area (Å²) in [6.45, 7) is 2.51. The molecule has 1 N–H and O–H groups in total. The molecule has 1 aromatic rings. The van der Waals surface area contributed by atoms with Crippen molar-refractivity contribution in [3.8, 4) is 0 Å². The molecule has 1 saturated carbocycles. The molecule has 6 nitrogen and oxygen atoms in total. The zero-order chi connectivity index (χ0) is 17.2. The van der Waals surface area contributed by atoms with Crippen molar-refractivity contribution in [3.05, 3.63) is 11.6 Å². The zero-order valence-electron chi connectivity index (χ0n) is 14.0. The van der Waals surface area contributed by atoms with Gasteiger partial charge in [-0.15, -0.1) is 11.3 Å². The van der Waals surface area contributed by atoms with Gasteiger partial charge in [0.15, 0.2) is 5.13 Å². The number of rotatable bonds is 5. The first kappa shape index (κ1) is 17.8. The van der Waals surface area contributed by atoms with E-state index in [1.807, 2.05) is 0 Å². The van der Waals surface area contributed by atoms with Gasteiger partial charge < -0.3 is 5.32 Å². The number of thiazole rings is 1. The fourth-order valence-corrected chi connectivity index (χ4v) is 6.75. The van der Waals surface area contributed by atoms with Crippen LogP contribution < -0.4 is 5.32 Å². The summed E-state index contributed by atoms with van der Waals surface area (Å²) in [5, 5.41) is 5.04. The molecule has 0 spiro atoms. The fraction of sp³-hybridized carbons (Fsp3) is 0.750. The molecule has 1 saturated heterocycles. The third-order valence-electron chi connectivity index (χ3n) is 5.12. The van der Waals surface area contributed by atoms with Crippen LogP contribution in [0.5, 0.6) is 0 Å². The van der Waals surface area contributed by atoms with Crippen LogP contribution in [-0.2, 0) is 14.8 Å². The van der Waals surface area contributed by atoms with Crippen LogP contribution in [0.1, 0.15) is 51.9 Å². The Hall–Kier alpha value is -0.990. The van der Waals surface area contributed by atoms with Crippen molar-refractivity contribution in [2.45, 2.75) is 57.9 Å². The van der Waals surface area contributed by atoms with Gasteiger partial charge in [0.05, 0.1) is 5.75 Å². The second-order valence-corrected chi connectivity index (χ2v) is 10.0. The highest BCUT2D eigenvalue weighted by molar-refractivity contribution is 7.89. The highest BCUT2D eigenvalue weighted by atomic mass is 32.2. The van der Waals surface area contributed by atoms with Crippen LogP contribution in [0.3, 0.4) is 0 Å². The molecule has 1 amide bonds. The van der Waals surface area contributed by atoms with Crippen LogP contribution in [0.25, 0.3) is 0 Å². The van der Waals surface area contributed by atoms with Gasteiger partial charge in [-0.25, -0.2) is 13.4 Å². The highest BCUT2D eigenvalue weighted by Crippen LogP contribution is 2.38.